The smallest absolute Gasteiger partial charge is 0.337 e. The number of rotatable bonds is 5. The van der Waals surface area contributed by atoms with Gasteiger partial charge in [-0.3, -0.25) is 0 Å². The van der Waals surface area contributed by atoms with Gasteiger partial charge in [-0.05, 0) is 24.6 Å². The Labute approximate surface area is 160 Å². The zero-order valence-electron chi connectivity index (χ0n) is 14.0. The number of aromatic nitrogens is 2. The van der Waals surface area contributed by atoms with Crippen molar-refractivity contribution in [2.75, 3.05) is 4.72 Å². The summed E-state index contributed by atoms with van der Waals surface area (Å²) in [5.41, 5.74) is 1.79. The van der Waals surface area contributed by atoms with Crippen molar-refractivity contribution in [3.63, 3.8) is 0 Å². The standard InChI is InChI=1S/C18H14ClN3O4S/c1-11-6-2-3-7-12(11)14-10-16(19)21-18(20-14)22-27(25,26)15-9-5-4-8-13(15)17(23)24/h2-10H,1H3,(H,23,24)(H,20,21,22). The van der Waals surface area contributed by atoms with Crippen LogP contribution in [0.2, 0.25) is 5.15 Å². The number of halogens is 1. The van der Waals surface area contributed by atoms with E-state index >= 15 is 0 Å². The molecule has 3 rings (SSSR count). The summed E-state index contributed by atoms with van der Waals surface area (Å²) in [6.07, 6.45) is 0. The third-order valence-electron chi connectivity index (χ3n) is 3.75. The van der Waals surface area contributed by atoms with Gasteiger partial charge in [0.25, 0.3) is 10.0 Å². The van der Waals surface area contributed by atoms with E-state index in [0.29, 0.717) is 5.69 Å². The minimum Gasteiger partial charge on any atom is -0.478 e. The molecule has 2 N–H and O–H groups in total. The molecule has 0 spiro atoms. The average Bonchev–Trinajstić information content (AvgIpc) is 2.61. The van der Waals surface area contributed by atoms with Gasteiger partial charge in [-0.2, -0.15) is 0 Å². The Kier molecular flexibility index (Phi) is 5.11. The Morgan fingerprint density at radius 2 is 1.74 bits per heavy atom. The fourth-order valence-electron chi connectivity index (χ4n) is 2.51. The molecule has 138 valence electrons. The summed E-state index contributed by atoms with van der Waals surface area (Å²) in [4.78, 5) is 19.0. The quantitative estimate of drug-likeness (QED) is 0.630. The van der Waals surface area contributed by atoms with Crippen molar-refractivity contribution in [1.29, 1.82) is 0 Å². The van der Waals surface area contributed by atoms with Crippen LogP contribution in [-0.2, 0) is 10.0 Å². The van der Waals surface area contributed by atoms with Gasteiger partial charge in [0.2, 0.25) is 5.95 Å². The fraction of sp³-hybridized carbons (Fsp3) is 0.0556. The molecule has 9 heteroatoms. The van der Waals surface area contributed by atoms with Crippen LogP contribution in [0, 0.1) is 6.92 Å². The maximum atomic E-state index is 12.7. The summed E-state index contributed by atoms with van der Waals surface area (Å²) in [6.45, 7) is 1.89. The molecule has 27 heavy (non-hydrogen) atoms. The lowest BCUT2D eigenvalue weighted by Gasteiger charge is -2.11. The second-order valence-electron chi connectivity index (χ2n) is 5.62. The van der Waals surface area contributed by atoms with E-state index in [4.69, 9.17) is 11.6 Å². The molecule has 0 atom stereocenters. The number of nitrogens with zero attached hydrogens (tertiary/aromatic N) is 2. The predicted molar refractivity (Wildman–Crippen MR) is 101 cm³/mol. The van der Waals surface area contributed by atoms with Crippen LogP contribution in [0.5, 0.6) is 0 Å². The maximum absolute atomic E-state index is 12.7. The Balaban J connectivity index is 2.04. The number of benzene rings is 2. The van der Waals surface area contributed by atoms with Crippen LogP contribution in [0.25, 0.3) is 11.3 Å². The Morgan fingerprint density at radius 1 is 1.07 bits per heavy atom. The van der Waals surface area contributed by atoms with Crippen LogP contribution in [-0.4, -0.2) is 29.5 Å². The van der Waals surface area contributed by atoms with E-state index in [0.717, 1.165) is 11.1 Å². The van der Waals surface area contributed by atoms with E-state index in [1.807, 2.05) is 31.2 Å². The normalized spacial score (nSPS) is 11.2. The van der Waals surface area contributed by atoms with E-state index in [9.17, 15) is 18.3 Å². The first kappa shape index (κ1) is 18.8. The van der Waals surface area contributed by atoms with Crippen molar-refractivity contribution in [2.24, 2.45) is 0 Å². The Morgan fingerprint density at radius 3 is 2.44 bits per heavy atom. The highest BCUT2D eigenvalue weighted by molar-refractivity contribution is 7.92. The second kappa shape index (κ2) is 7.34. The molecule has 3 aromatic rings. The van der Waals surface area contributed by atoms with Gasteiger partial charge in [0.1, 0.15) is 10.0 Å². The zero-order chi connectivity index (χ0) is 19.6. The van der Waals surface area contributed by atoms with Crippen LogP contribution in [0.15, 0.2) is 59.5 Å². The van der Waals surface area contributed by atoms with Gasteiger partial charge in [-0.25, -0.2) is 27.9 Å². The van der Waals surface area contributed by atoms with Crippen molar-refractivity contribution >= 4 is 33.5 Å². The van der Waals surface area contributed by atoms with Crippen molar-refractivity contribution in [1.82, 2.24) is 9.97 Å². The largest absolute Gasteiger partial charge is 0.478 e. The number of carbonyl (C=O) groups is 1. The molecule has 0 aliphatic heterocycles. The lowest BCUT2D eigenvalue weighted by molar-refractivity contribution is 0.0692. The van der Waals surface area contributed by atoms with Gasteiger partial charge in [-0.15, -0.1) is 0 Å². The molecule has 1 aromatic heterocycles. The van der Waals surface area contributed by atoms with Gasteiger partial charge in [0.05, 0.1) is 11.3 Å². The third-order valence-corrected chi connectivity index (χ3v) is 5.33. The number of anilines is 1. The average molecular weight is 404 g/mol. The molecule has 0 saturated heterocycles. The highest BCUT2D eigenvalue weighted by atomic mass is 35.5. The summed E-state index contributed by atoms with van der Waals surface area (Å²) < 4.78 is 27.5. The molecule has 7 nitrogen and oxygen atoms in total. The first-order valence-corrected chi connectivity index (χ1v) is 9.60. The highest BCUT2D eigenvalue weighted by Gasteiger charge is 2.23. The van der Waals surface area contributed by atoms with Crippen molar-refractivity contribution in [3.8, 4) is 11.3 Å². The van der Waals surface area contributed by atoms with Crippen LogP contribution >= 0.6 is 11.6 Å². The van der Waals surface area contributed by atoms with E-state index in [-0.39, 0.29) is 16.7 Å². The number of hydrogen-bond donors (Lipinski definition) is 2. The minimum atomic E-state index is -4.23. The first-order chi connectivity index (χ1) is 12.8. The maximum Gasteiger partial charge on any atom is 0.337 e. The summed E-state index contributed by atoms with van der Waals surface area (Å²) in [7, 11) is -4.23. The molecule has 0 radical (unpaired) electrons. The van der Waals surface area contributed by atoms with Crippen molar-refractivity contribution in [2.45, 2.75) is 11.8 Å². The minimum absolute atomic E-state index is 0.0486. The van der Waals surface area contributed by atoms with Crippen LogP contribution in [0.4, 0.5) is 5.95 Å². The van der Waals surface area contributed by atoms with E-state index in [2.05, 4.69) is 14.7 Å². The van der Waals surface area contributed by atoms with Crippen molar-refractivity contribution < 1.29 is 18.3 Å². The molecule has 0 aliphatic carbocycles. The molecule has 0 fully saturated rings. The lowest BCUT2D eigenvalue weighted by Crippen LogP contribution is -2.18. The molecule has 1 heterocycles. The molecule has 0 unspecified atom stereocenters. The third kappa shape index (κ3) is 4.07. The number of sulfonamides is 1. The van der Waals surface area contributed by atoms with Crippen LogP contribution in [0.3, 0.4) is 0 Å². The zero-order valence-corrected chi connectivity index (χ0v) is 15.6. The van der Waals surface area contributed by atoms with E-state index < -0.39 is 20.9 Å². The number of carboxylic acids is 1. The highest BCUT2D eigenvalue weighted by Crippen LogP contribution is 2.26. The van der Waals surface area contributed by atoms with Crippen molar-refractivity contribution in [3.05, 3.63) is 70.9 Å². The SMILES string of the molecule is Cc1ccccc1-c1cc(Cl)nc(NS(=O)(=O)c2ccccc2C(=O)O)n1. The van der Waals surface area contributed by atoms with Gasteiger partial charge >= 0.3 is 5.97 Å². The van der Waals surface area contributed by atoms with Crippen LogP contribution < -0.4 is 4.72 Å². The Hall–Kier alpha value is -2.97. The summed E-state index contributed by atoms with van der Waals surface area (Å²) in [6, 6.07) is 14.2. The van der Waals surface area contributed by atoms with E-state index in [1.54, 1.807) is 0 Å². The number of nitrogens with one attached hydrogen (secondary N) is 1. The summed E-state index contributed by atoms with van der Waals surface area (Å²) >= 11 is 6.03. The Bertz CT molecular complexity index is 1130. The van der Waals surface area contributed by atoms with Gasteiger partial charge in [-0.1, -0.05) is 48.0 Å². The molecular weight excluding hydrogens is 390 g/mol. The van der Waals surface area contributed by atoms with Gasteiger partial charge in [0.15, 0.2) is 0 Å². The molecule has 2 aromatic carbocycles. The first-order valence-electron chi connectivity index (χ1n) is 7.73. The molecule has 0 amide bonds. The lowest BCUT2D eigenvalue weighted by atomic mass is 10.1. The predicted octanol–water partition coefficient (Wildman–Crippen LogP) is 3.60. The fourth-order valence-corrected chi connectivity index (χ4v) is 3.84. The number of aryl methyl sites for hydroxylation is 1. The number of aromatic carboxylic acids is 1. The van der Waals surface area contributed by atoms with Gasteiger partial charge < -0.3 is 5.11 Å². The molecule has 0 bridgehead atoms. The molecule has 0 aliphatic rings. The number of hydrogen-bond acceptors (Lipinski definition) is 5. The van der Waals surface area contributed by atoms with E-state index in [1.165, 1.54) is 30.3 Å². The summed E-state index contributed by atoms with van der Waals surface area (Å²) in [5.74, 6) is -1.61. The monoisotopic (exact) mass is 403 g/mol. The topological polar surface area (TPSA) is 109 Å². The molecule has 0 saturated carbocycles. The molecular formula is C18H14ClN3O4S. The number of carboxylic acid groups (broad SMARTS) is 1. The summed E-state index contributed by atoms with van der Waals surface area (Å²) in [5, 5.41) is 9.27. The second-order valence-corrected chi connectivity index (χ2v) is 7.66. The van der Waals surface area contributed by atoms with Gasteiger partial charge in [0, 0.05) is 11.6 Å². The van der Waals surface area contributed by atoms with Crippen LogP contribution in [0.1, 0.15) is 15.9 Å².